The van der Waals surface area contributed by atoms with Crippen molar-refractivity contribution in [3.8, 4) is 0 Å². The number of hydrogen-bond donors (Lipinski definition) is 3. The first kappa shape index (κ1) is 16.6. The number of pyridine rings is 1. The minimum Gasteiger partial charge on any atom is -0.479 e. The van der Waals surface area contributed by atoms with E-state index in [2.05, 4.69) is 5.32 Å². The van der Waals surface area contributed by atoms with Crippen molar-refractivity contribution in [2.75, 3.05) is 11.1 Å². The van der Waals surface area contributed by atoms with Crippen molar-refractivity contribution in [1.82, 2.24) is 4.57 Å². The first-order valence-electron chi connectivity index (χ1n) is 7.28. The number of nitrogens with zero attached hydrogens (tertiary/aromatic N) is 1. The van der Waals surface area contributed by atoms with Crippen LogP contribution in [0, 0.1) is 11.6 Å². The van der Waals surface area contributed by atoms with Crippen LogP contribution in [0.15, 0.2) is 35.3 Å². The lowest BCUT2D eigenvalue weighted by molar-refractivity contribution is -0.142. The predicted octanol–water partition coefficient (Wildman–Crippen LogP) is 1.53. The van der Waals surface area contributed by atoms with Crippen molar-refractivity contribution in [2.45, 2.75) is 18.4 Å². The van der Waals surface area contributed by atoms with E-state index in [1.807, 2.05) is 0 Å². The number of anilines is 2. The zero-order valence-corrected chi connectivity index (χ0v) is 12.8. The Bertz CT molecular complexity index is 951. The Labute approximate surface area is 139 Å². The van der Waals surface area contributed by atoms with Gasteiger partial charge in [-0.25, -0.2) is 13.6 Å². The molecule has 1 amide bonds. The van der Waals surface area contributed by atoms with Crippen LogP contribution < -0.4 is 16.6 Å². The van der Waals surface area contributed by atoms with Crippen LogP contribution in [0.2, 0.25) is 0 Å². The third kappa shape index (κ3) is 2.73. The summed E-state index contributed by atoms with van der Waals surface area (Å²) >= 11 is 0. The lowest BCUT2D eigenvalue weighted by Gasteiger charge is -2.15. The van der Waals surface area contributed by atoms with E-state index in [9.17, 15) is 28.3 Å². The van der Waals surface area contributed by atoms with Crippen LogP contribution in [0.4, 0.5) is 20.2 Å². The SMILES string of the molecule is Nc1cc(F)c(C(=O)Nc2cccn(C3(C(=O)O)CC3)c2=O)cc1F. The van der Waals surface area contributed by atoms with E-state index in [1.165, 1.54) is 18.3 Å². The Balaban J connectivity index is 1.95. The van der Waals surface area contributed by atoms with Gasteiger partial charge in [-0.3, -0.25) is 14.2 Å². The zero-order chi connectivity index (χ0) is 18.4. The second-order valence-corrected chi connectivity index (χ2v) is 5.74. The fourth-order valence-electron chi connectivity index (χ4n) is 2.53. The van der Waals surface area contributed by atoms with Crippen molar-refractivity contribution in [2.24, 2.45) is 0 Å². The number of aromatic nitrogens is 1. The number of nitrogens with two attached hydrogens (primary N) is 1. The largest absolute Gasteiger partial charge is 0.479 e. The monoisotopic (exact) mass is 349 g/mol. The average Bonchev–Trinajstić information content (AvgIpc) is 3.34. The maximum Gasteiger partial charge on any atom is 0.330 e. The van der Waals surface area contributed by atoms with Gasteiger partial charge in [-0.15, -0.1) is 0 Å². The molecule has 9 heteroatoms. The van der Waals surface area contributed by atoms with E-state index in [4.69, 9.17) is 5.73 Å². The Morgan fingerprint density at radius 1 is 1.24 bits per heavy atom. The van der Waals surface area contributed by atoms with Crippen LogP contribution in [-0.2, 0) is 10.3 Å². The molecule has 25 heavy (non-hydrogen) atoms. The summed E-state index contributed by atoms with van der Waals surface area (Å²) in [7, 11) is 0. The van der Waals surface area contributed by atoms with Gasteiger partial charge in [-0.05, 0) is 31.0 Å². The molecule has 1 saturated carbocycles. The number of rotatable bonds is 4. The van der Waals surface area contributed by atoms with E-state index >= 15 is 0 Å². The number of nitrogens with one attached hydrogen (secondary N) is 1. The van der Waals surface area contributed by atoms with E-state index in [-0.39, 0.29) is 18.5 Å². The number of aliphatic carboxylic acids is 1. The summed E-state index contributed by atoms with van der Waals surface area (Å²) < 4.78 is 28.3. The van der Waals surface area contributed by atoms with E-state index in [0.717, 1.165) is 4.57 Å². The summed E-state index contributed by atoms with van der Waals surface area (Å²) in [5.74, 6) is -4.21. The number of carboxylic acids is 1. The molecule has 130 valence electrons. The molecule has 0 aliphatic heterocycles. The van der Waals surface area contributed by atoms with Crippen molar-refractivity contribution in [3.63, 3.8) is 0 Å². The van der Waals surface area contributed by atoms with Gasteiger partial charge in [0.1, 0.15) is 22.9 Å². The summed E-state index contributed by atoms with van der Waals surface area (Å²) in [6.45, 7) is 0. The van der Waals surface area contributed by atoms with E-state index < -0.39 is 45.9 Å². The Kier molecular flexibility index (Phi) is 3.78. The highest BCUT2D eigenvalue weighted by atomic mass is 19.1. The molecule has 3 rings (SSSR count). The normalized spacial score (nSPS) is 14.8. The average molecular weight is 349 g/mol. The molecule has 1 aromatic carbocycles. The fraction of sp³-hybridized carbons (Fsp3) is 0.188. The molecular weight excluding hydrogens is 336 g/mol. The summed E-state index contributed by atoms with van der Waals surface area (Å²) in [6, 6.07) is 3.93. The van der Waals surface area contributed by atoms with Gasteiger partial charge in [-0.2, -0.15) is 0 Å². The molecule has 0 atom stereocenters. The molecule has 0 bridgehead atoms. The molecule has 0 radical (unpaired) electrons. The van der Waals surface area contributed by atoms with Gasteiger partial charge in [0.15, 0.2) is 0 Å². The number of benzene rings is 1. The molecule has 4 N–H and O–H groups in total. The molecule has 1 aromatic heterocycles. The van der Waals surface area contributed by atoms with Gasteiger partial charge < -0.3 is 16.2 Å². The molecular formula is C16H13F2N3O4. The maximum absolute atomic E-state index is 13.8. The first-order chi connectivity index (χ1) is 11.8. The fourth-order valence-corrected chi connectivity index (χ4v) is 2.53. The number of nitrogen functional groups attached to an aromatic ring is 1. The minimum absolute atomic E-state index is 0.239. The molecule has 0 unspecified atom stereocenters. The zero-order valence-electron chi connectivity index (χ0n) is 12.8. The van der Waals surface area contributed by atoms with Crippen LogP contribution in [0.1, 0.15) is 23.2 Å². The molecule has 1 fully saturated rings. The van der Waals surface area contributed by atoms with Gasteiger partial charge in [0.25, 0.3) is 11.5 Å². The molecule has 1 aliphatic rings. The van der Waals surface area contributed by atoms with Gasteiger partial charge in [0, 0.05) is 12.3 Å². The maximum atomic E-state index is 13.8. The Hall–Kier alpha value is -3.23. The first-order valence-corrected chi connectivity index (χ1v) is 7.28. The second-order valence-electron chi connectivity index (χ2n) is 5.74. The molecule has 2 aromatic rings. The number of halogens is 2. The van der Waals surface area contributed by atoms with Crippen molar-refractivity contribution in [3.05, 3.63) is 58.0 Å². The van der Waals surface area contributed by atoms with Crippen molar-refractivity contribution in [1.29, 1.82) is 0 Å². The lowest BCUT2D eigenvalue weighted by Crippen LogP contribution is -2.37. The summed E-state index contributed by atoms with van der Waals surface area (Å²) in [6.07, 6.45) is 1.89. The third-order valence-electron chi connectivity index (χ3n) is 4.11. The highest BCUT2D eigenvalue weighted by Gasteiger charge is 2.53. The highest BCUT2D eigenvalue weighted by Crippen LogP contribution is 2.42. The summed E-state index contributed by atoms with van der Waals surface area (Å²) in [5, 5.41) is 11.5. The van der Waals surface area contributed by atoms with Crippen LogP contribution in [0.3, 0.4) is 0 Å². The summed E-state index contributed by atoms with van der Waals surface area (Å²) in [5.41, 5.74) is 1.83. The van der Waals surface area contributed by atoms with Crippen LogP contribution >= 0.6 is 0 Å². The number of carbonyl (C=O) groups excluding carboxylic acids is 1. The quantitative estimate of drug-likeness (QED) is 0.724. The predicted molar refractivity (Wildman–Crippen MR) is 84.3 cm³/mol. The molecule has 7 nitrogen and oxygen atoms in total. The number of carbonyl (C=O) groups is 2. The summed E-state index contributed by atoms with van der Waals surface area (Å²) in [4.78, 5) is 35.9. The van der Waals surface area contributed by atoms with Gasteiger partial charge in [0.2, 0.25) is 0 Å². The molecule has 1 aliphatic carbocycles. The Morgan fingerprint density at radius 3 is 2.52 bits per heavy atom. The van der Waals surface area contributed by atoms with Gasteiger partial charge in [0.05, 0.1) is 11.3 Å². The molecule has 0 saturated heterocycles. The van der Waals surface area contributed by atoms with Crippen molar-refractivity contribution >= 4 is 23.3 Å². The van der Waals surface area contributed by atoms with Gasteiger partial charge in [-0.1, -0.05) is 0 Å². The Morgan fingerprint density at radius 2 is 1.92 bits per heavy atom. The standard InChI is InChI=1S/C16H13F2N3O4/c17-9-7-11(19)10(18)6-8(9)13(22)20-12-2-1-5-21(14(12)23)16(3-4-16)15(24)25/h1-2,5-7H,3-4,19H2,(H,20,22)(H,24,25). The number of carboxylic acid groups (broad SMARTS) is 1. The third-order valence-corrected chi connectivity index (χ3v) is 4.11. The minimum atomic E-state index is -1.32. The van der Waals surface area contributed by atoms with Crippen LogP contribution in [-0.4, -0.2) is 21.6 Å². The van der Waals surface area contributed by atoms with Crippen LogP contribution in [0.25, 0.3) is 0 Å². The van der Waals surface area contributed by atoms with E-state index in [0.29, 0.717) is 12.1 Å². The number of amides is 1. The topological polar surface area (TPSA) is 114 Å². The number of hydrogen-bond acceptors (Lipinski definition) is 4. The molecule has 1 heterocycles. The molecule has 0 spiro atoms. The highest BCUT2D eigenvalue weighted by molar-refractivity contribution is 6.04. The lowest BCUT2D eigenvalue weighted by atomic mass is 10.1. The van der Waals surface area contributed by atoms with Crippen molar-refractivity contribution < 1.29 is 23.5 Å². The smallest absolute Gasteiger partial charge is 0.330 e. The van der Waals surface area contributed by atoms with E-state index in [1.54, 1.807) is 0 Å². The van der Waals surface area contributed by atoms with Crippen LogP contribution in [0.5, 0.6) is 0 Å². The second kappa shape index (κ2) is 5.69. The van der Waals surface area contributed by atoms with Gasteiger partial charge >= 0.3 is 5.97 Å².